The van der Waals surface area contributed by atoms with Crippen LogP contribution in [-0.2, 0) is 21.4 Å². The molecule has 1 amide bonds. The van der Waals surface area contributed by atoms with Crippen molar-refractivity contribution < 1.29 is 22.4 Å². The lowest BCUT2D eigenvalue weighted by atomic mass is 10.1. The SMILES string of the molecule is COCc1ccccc1NC(=O)c1ccc(S(=O)(=O)NC(C)(C)C)o1. The number of benzene rings is 1. The third kappa shape index (κ3) is 5.15. The number of hydrogen-bond acceptors (Lipinski definition) is 5. The van der Waals surface area contributed by atoms with E-state index in [4.69, 9.17) is 9.15 Å². The molecule has 0 saturated carbocycles. The zero-order chi connectivity index (χ0) is 18.7. The predicted octanol–water partition coefficient (Wildman–Crippen LogP) is 2.76. The Morgan fingerprint density at radius 3 is 2.48 bits per heavy atom. The van der Waals surface area contributed by atoms with Crippen LogP contribution >= 0.6 is 0 Å². The molecular formula is C17H22N2O5S. The molecule has 0 aliphatic rings. The average Bonchev–Trinajstić information content (AvgIpc) is 2.98. The topological polar surface area (TPSA) is 97.6 Å². The van der Waals surface area contributed by atoms with Crippen LogP contribution in [0.15, 0.2) is 45.9 Å². The molecule has 2 N–H and O–H groups in total. The number of amides is 1. The molecule has 0 radical (unpaired) electrons. The van der Waals surface area contributed by atoms with Crippen molar-refractivity contribution in [2.24, 2.45) is 0 Å². The van der Waals surface area contributed by atoms with Crippen LogP contribution in [0, 0.1) is 0 Å². The summed E-state index contributed by atoms with van der Waals surface area (Å²) in [7, 11) is -2.28. The molecule has 2 rings (SSSR count). The minimum absolute atomic E-state index is 0.0958. The highest BCUT2D eigenvalue weighted by Crippen LogP contribution is 2.20. The van der Waals surface area contributed by atoms with Gasteiger partial charge in [0, 0.05) is 23.9 Å². The Kier molecular flexibility index (Phi) is 5.66. The van der Waals surface area contributed by atoms with Gasteiger partial charge in [-0.2, -0.15) is 0 Å². The maximum Gasteiger partial charge on any atom is 0.291 e. The van der Waals surface area contributed by atoms with Gasteiger partial charge in [-0.15, -0.1) is 0 Å². The fourth-order valence-electron chi connectivity index (χ4n) is 2.15. The Balaban J connectivity index is 2.19. The van der Waals surface area contributed by atoms with E-state index in [9.17, 15) is 13.2 Å². The van der Waals surface area contributed by atoms with Gasteiger partial charge >= 0.3 is 0 Å². The molecule has 0 spiro atoms. The van der Waals surface area contributed by atoms with Crippen molar-refractivity contribution in [3.8, 4) is 0 Å². The molecule has 0 aliphatic carbocycles. The predicted molar refractivity (Wildman–Crippen MR) is 93.9 cm³/mol. The Morgan fingerprint density at radius 2 is 1.84 bits per heavy atom. The van der Waals surface area contributed by atoms with Gasteiger partial charge in [0.25, 0.3) is 15.9 Å². The molecule has 25 heavy (non-hydrogen) atoms. The van der Waals surface area contributed by atoms with Gasteiger partial charge in [0.1, 0.15) is 0 Å². The number of hydrogen-bond donors (Lipinski definition) is 2. The van der Waals surface area contributed by atoms with Gasteiger partial charge in [-0.1, -0.05) is 18.2 Å². The molecule has 0 saturated heterocycles. The molecule has 0 bridgehead atoms. The zero-order valence-electron chi connectivity index (χ0n) is 14.6. The van der Waals surface area contributed by atoms with Crippen molar-refractivity contribution >= 4 is 21.6 Å². The van der Waals surface area contributed by atoms with E-state index in [0.717, 1.165) is 5.56 Å². The first-order valence-electron chi connectivity index (χ1n) is 7.64. The molecule has 0 aliphatic heterocycles. The molecule has 0 fully saturated rings. The number of anilines is 1. The summed E-state index contributed by atoms with van der Waals surface area (Å²) in [5.74, 6) is -0.637. The number of para-hydroxylation sites is 1. The molecular weight excluding hydrogens is 344 g/mol. The first-order valence-corrected chi connectivity index (χ1v) is 9.13. The highest BCUT2D eigenvalue weighted by atomic mass is 32.2. The fourth-order valence-corrected chi connectivity index (χ4v) is 3.50. The molecule has 1 heterocycles. The van der Waals surface area contributed by atoms with E-state index >= 15 is 0 Å². The van der Waals surface area contributed by atoms with Gasteiger partial charge in [0.05, 0.1) is 6.61 Å². The van der Waals surface area contributed by atoms with Crippen molar-refractivity contribution in [1.82, 2.24) is 4.72 Å². The van der Waals surface area contributed by atoms with Crippen LogP contribution in [0.25, 0.3) is 0 Å². The van der Waals surface area contributed by atoms with Gasteiger partial charge in [-0.3, -0.25) is 4.79 Å². The summed E-state index contributed by atoms with van der Waals surface area (Å²) < 4.78 is 37.2. The Bertz CT molecular complexity index is 850. The minimum Gasteiger partial charge on any atom is -0.438 e. The van der Waals surface area contributed by atoms with E-state index in [-0.39, 0.29) is 10.9 Å². The van der Waals surface area contributed by atoms with E-state index in [1.54, 1.807) is 40.0 Å². The summed E-state index contributed by atoms with van der Waals surface area (Å²) in [5.41, 5.74) is 0.711. The summed E-state index contributed by atoms with van der Waals surface area (Å²) in [6.45, 7) is 5.49. The highest BCUT2D eigenvalue weighted by molar-refractivity contribution is 7.89. The molecule has 136 valence electrons. The van der Waals surface area contributed by atoms with Crippen LogP contribution in [0.3, 0.4) is 0 Å². The van der Waals surface area contributed by atoms with Gasteiger partial charge < -0.3 is 14.5 Å². The highest BCUT2D eigenvalue weighted by Gasteiger charge is 2.26. The average molecular weight is 366 g/mol. The number of rotatable bonds is 6. The van der Waals surface area contributed by atoms with Crippen molar-refractivity contribution in [2.75, 3.05) is 12.4 Å². The number of furan rings is 1. The van der Waals surface area contributed by atoms with Crippen LogP contribution < -0.4 is 10.0 Å². The first kappa shape index (κ1) is 19.2. The number of carbonyl (C=O) groups excluding carboxylic acids is 1. The van der Waals surface area contributed by atoms with E-state index in [1.165, 1.54) is 12.1 Å². The van der Waals surface area contributed by atoms with Crippen molar-refractivity contribution in [3.05, 3.63) is 47.7 Å². The van der Waals surface area contributed by atoms with E-state index in [2.05, 4.69) is 10.0 Å². The van der Waals surface area contributed by atoms with Crippen LogP contribution in [0.5, 0.6) is 0 Å². The monoisotopic (exact) mass is 366 g/mol. The van der Waals surface area contributed by atoms with Crippen LogP contribution in [0.4, 0.5) is 5.69 Å². The standard InChI is InChI=1S/C17H22N2O5S/c1-17(2,3)19-25(21,22)15-10-9-14(24-15)16(20)18-13-8-6-5-7-12(13)11-23-4/h5-10,19H,11H2,1-4H3,(H,18,20). The largest absolute Gasteiger partial charge is 0.438 e. The van der Waals surface area contributed by atoms with Gasteiger partial charge in [-0.05, 0) is 39.0 Å². The molecule has 1 aromatic carbocycles. The second kappa shape index (κ2) is 7.38. The van der Waals surface area contributed by atoms with Crippen LogP contribution in [0.2, 0.25) is 0 Å². The normalized spacial score (nSPS) is 12.2. The van der Waals surface area contributed by atoms with Gasteiger partial charge in [-0.25, -0.2) is 13.1 Å². The quantitative estimate of drug-likeness (QED) is 0.819. The molecule has 0 unspecified atom stereocenters. The molecule has 1 aromatic heterocycles. The van der Waals surface area contributed by atoms with Gasteiger partial charge in [0.15, 0.2) is 5.76 Å². The Hall–Kier alpha value is -2.16. The maximum atomic E-state index is 12.3. The lowest BCUT2D eigenvalue weighted by Crippen LogP contribution is -2.40. The number of methoxy groups -OCH3 is 1. The molecule has 2 aromatic rings. The van der Waals surface area contributed by atoms with Gasteiger partial charge in [0.2, 0.25) is 5.09 Å². The number of nitrogens with one attached hydrogen (secondary N) is 2. The number of carbonyl (C=O) groups is 1. The van der Waals surface area contributed by atoms with Crippen molar-refractivity contribution in [3.63, 3.8) is 0 Å². The number of ether oxygens (including phenoxy) is 1. The number of sulfonamides is 1. The van der Waals surface area contributed by atoms with Crippen LogP contribution in [-0.4, -0.2) is 27.0 Å². The van der Waals surface area contributed by atoms with Crippen molar-refractivity contribution in [2.45, 2.75) is 38.0 Å². The minimum atomic E-state index is -3.84. The summed E-state index contributed by atoms with van der Waals surface area (Å²) in [6, 6.07) is 9.74. The van der Waals surface area contributed by atoms with E-state index < -0.39 is 21.5 Å². The summed E-state index contributed by atoms with van der Waals surface area (Å²) >= 11 is 0. The Labute approximate surface area is 147 Å². The lowest BCUT2D eigenvalue weighted by Gasteiger charge is -2.18. The first-order chi connectivity index (χ1) is 11.6. The lowest BCUT2D eigenvalue weighted by molar-refractivity contribution is 0.0991. The summed E-state index contributed by atoms with van der Waals surface area (Å²) in [6.07, 6.45) is 0. The van der Waals surface area contributed by atoms with Crippen LogP contribution in [0.1, 0.15) is 36.9 Å². The van der Waals surface area contributed by atoms with E-state index in [0.29, 0.717) is 12.3 Å². The molecule has 8 heteroatoms. The smallest absolute Gasteiger partial charge is 0.291 e. The second-order valence-electron chi connectivity index (χ2n) is 6.52. The summed E-state index contributed by atoms with van der Waals surface area (Å²) in [5, 5.41) is 2.39. The third-order valence-electron chi connectivity index (χ3n) is 3.08. The summed E-state index contributed by atoms with van der Waals surface area (Å²) in [4.78, 5) is 12.3. The second-order valence-corrected chi connectivity index (χ2v) is 8.13. The maximum absolute atomic E-state index is 12.3. The van der Waals surface area contributed by atoms with E-state index in [1.807, 2.05) is 12.1 Å². The fraction of sp³-hybridized carbons (Fsp3) is 0.353. The van der Waals surface area contributed by atoms with Crippen molar-refractivity contribution in [1.29, 1.82) is 0 Å². The third-order valence-corrected chi connectivity index (χ3v) is 4.71. The zero-order valence-corrected chi connectivity index (χ0v) is 15.4. The molecule has 7 nitrogen and oxygen atoms in total. The molecule has 0 atom stereocenters. The Morgan fingerprint density at radius 1 is 1.16 bits per heavy atom.